The maximum Gasteiger partial charge on any atom is 0.265 e. The Hall–Kier alpha value is -1.79. The van der Waals surface area contributed by atoms with Crippen LogP contribution in [0.3, 0.4) is 0 Å². The summed E-state index contributed by atoms with van der Waals surface area (Å²) in [6, 6.07) is 5.88. The molecule has 1 aliphatic rings. The van der Waals surface area contributed by atoms with Crippen molar-refractivity contribution in [3.63, 3.8) is 0 Å². The summed E-state index contributed by atoms with van der Waals surface area (Å²) in [7, 11) is 1.58. The van der Waals surface area contributed by atoms with Gasteiger partial charge in [0.25, 0.3) is 5.91 Å². The van der Waals surface area contributed by atoms with Crippen LogP contribution in [0, 0.1) is 6.92 Å². The van der Waals surface area contributed by atoms with E-state index in [0.717, 1.165) is 24.6 Å². The highest BCUT2D eigenvalue weighted by atomic mass is 32.1. The number of ether oxygens (including phenoxy) is 1. The lowest BCUT2D eigenvalue weighted by Gasteiger charge is -2.26. The number of amides is 1. The molecule has 0 unspecified atom stereocenters. The molecule has 1 N–H and O–H groups in total. The first-order chi connectivity index (χ1) is 11.2. The van der Waals surface area contributed by atoms with Gasteiger partial charge in [-0.1, -0.05) is 0 Å². The summed E-state index contributed by atoms with van der Waals surface area (Å²) in [5, 5.41) is 4.90. The van der Waals surface area contributed by atoms with Crippen LogP contribution in [-0.2, 0) is 0 Å². The maximum atomic E-state index is 12.4. The molecule has 5 nitrogen and oxygen atoms in total. The lowest BCUT2D eigenvalue weighted by Crippen LogP contribution is -2.36. The monoisotopic (exact) mass is 334 g/mol. The van der Waals surface area contributed by atoms with Crippen LogP contribution in [0.15, 0.2) is 28.0 Å². The van der Waals surface area contributed by atoms with Gasteiger partial charge in [-0.15, -0.1) is 11.3 Å². The van der Waals surface area contributed by atoms with Crippen molar-refractivity contribution in [2.45, 2.75) is 25.8 Å². The number of nitrogens with one attached hydrogen (secondary N) is 1. The highest BCUT2D eigenvalue weighted by Crippen LogP contribution is 2.27. The van der Waals surface area contributed by atoms with Gasteiger partial charge in [-0.2, -0.15) is 0 Å². The molecular formula is C17H22N2O3S. The maximum absolute atomic E-state index is 12.4. The highest BCUT2D eigenvalue weighted by molar-refractivity contribution is 7.12. The third-order valence-electron chi connectivity index (χ3n) is 4.18. The molecule has 2 aromatic heterocycles. The summed E-state index contributed by atoms with van der Waals surface area (Å²) in [6.45, 7) is 4.57. The fraction of sp³-hybridized carbons (Fsp3) is 0.471. The molecule has 0 bridgehead atoms. The van der Waals surface area contributed by atoms with Crippen molar-refractivity contribution >= 4 is 17.2 Å². The zero-order chi connectivity index (χ0) is 16.2. The van der Waals surface area contributed by atoms with Crippen LogP contribution in [-0.4, -0.2) is 37.6 Å². The van der Waals surface area contributed by atoms with E-state index in [1.54, 1.807) is 7.11 Å². The number of furan rings is 1. The Morgan fingerprint density at radius 3 is 2.83 bits per heavy atom. The summed E-state index contributed by atoms with van der Waals surface area (Å²) < 4.78 is 11.0. The van der Waals surface area contributed by atoms with Crippen molar-refractivity contribution in [1.82, 2.24) is 10.2 Å². The van der Waals surface area contributed by atoms with Crippen LogP contribution < -0.4 is 10.1 Å². The number of rotatable bonds is 6. The van der Waals surface area contributed by atoms with Gasteiger partial charge < -0.3 is 14.5 Å². The molecule has 1 fully saturated rings. The van der Waals surface area contributed by atoms with E-state index in [0.29, 0.717) is 17.2 Å². The lowest BCUT2D eigenvalue weighted by atomic mass is 10.2. The predicted octanol–water partition coefficient (Wildman–Crippen LogP) is 3.23. The minimum absolute atomic E-state index is 0.0844. The Bertz CT molecular complexity index is 658. The fourth-order valence-corrected chi connectivity index (χ4v) is 3.76. The summed E-state index contributed by atoms with van der Waals surface area (Å²) in [4.78, 5) is 15.4. The number of methoxy groups -OCH3 is 1. The van der Waals surface area contributed by atoms with Crippen LogP contribution in [0.25, 0.3) is 0 Å². The van der Waals surface area contributed by atoms with Crippen molar-refractivity contribution in [3.8, 4) is 5.75 Å². The average Bonchev–Trinajstić information content (AvgIpc) is 3.28. The second kappa shape index (κ2) is 7.19. The molecule has 6 heteroatoms. The number of hydrogen-bond donors (Lipinski definition) is 1. The molecule has 23 heavy (non-hydrogen) atoms. The summed E-state index contributed by atoms with van der Waals surface area (Å²) in [5.41, 5.74) is 0. The summed E-state index contributed by atoms with van der Waals surface area (Å²) in [6.07, 6.45) is 2.39. The minimum Gasteiger partial charge on any atom is -0.495 e. The van der Waals surface area contributed by atoms with Crippen molar-refractivity contribution in [2.24, 2.45) is 0 Å². The van der Waals surface area contributed by atoms with E-state index in [1.807, 2.05) is 30.5 Å². The largest absolute Gasteiger partial charge is 0.495 e. The number of carbonyl (C=O) groups excluding carboxylic acids is 1. The Balaban J connectivity index is 1.70. The standard InChI is InChI=1S/C17H22N2O3S/c1-12-5-6-14(22-12)13(19-8-3-4-9-19)11-18-17(20)16-15(21-2)7-10-23-16/h5-7,10,13H,3-4,8-9,11H2,1-2H3,(H,18,20)/t13-/m0/s1. The van der Waals surface area contributed by atoms with Crippen LogP contribution in [0.4, 0.5) is 0 Å². The smallest absolute Gasteiger partial charge is 0.265 e. The quantitative estimate of drug-likeness (QED) is 0.881. The molecule has 1 atom stereocenters. The van der Waals surface area contributed by atoms with Crippen molar-refractivity contribution in [3.05, 3.63) is 40.0 Å². The van der Waals surface area contributed by atoms with Crippen LogP contribution >= 0.6 is 11.3 Å². The van der Waals surface area contributed by atoms with Crippen LogP contribution in [0.2, 0.25) is 0 Å². The summed E-state index contributed by atoms with van der Waals surface area (Å²) >= 11 is 1.39. The van der Waals surface area contributed by atoms with Gasteiger partial charge in [-0.3, -0.25) is 9.69 Å². The molecule has 0 saturated carbocycles. The van der Waals surface area contributed by atoms with Gasteiger partial charge in [0, 0.05) is 6.54 Å². The molecule has 124 valence electrons. The number of nitrogens with zero attached hydrogens (tertiary/aromatic N) is 1. The lowest BCUT2D eigenvalue weighted by molar-refractivity contribution is 0.0935. The summed E-state index contributed by atoms with van der Waals surface area (Å²) in [5.74, 6) is 2.35. The zero-order valence-corrected chi connectivity index (χ0v) is 14.3. The van der Waals surface area contributed by atoms with E-state index in [1.165, 1.54) is 24.2 Å². The highest BCUT2D eigenvalue weighted by Gasteiger charge is 2.27. The molecule has 0 aromatic carbocycles. The van der Waals surface area contributed by atoms with E-state index in [9.17, 15) is 4.79 Å². The zero-order valence-electron chi connectivity index (χ0n) is 13.5. The molecule has 1 saturated heterocycles. The van der Waals surface area contributed by atoms with Crippen molar-refractivity contribution < 1.29 is 13.9 Å². The second-order valence-corrected chi connectivity index (χ2v) is 6.65. The van der Waals surface area contributed by atoms with Gasteiger partial charge in [-0.25, -0.2) is 0 Å². The Morgan fingerprint density at radius 1 is 1.39 bits per heavy atom. The van der Waals surface area contributed by atoms with Crippen molar-refractivity contribution in [2.75, 3.05) is 26.7 Å². The van der Waals surface area contributed by atoms with Crippen molar-refractivity contribution in [1.29, 1.82) is 0 Å². The molecule has 0 aliphatic carbocycles. The Kier molecular flexibility index (Phi) is 5.03. The predicted molar refractivity (Wildman–Crippen MR) is 90.2 cm³/mol. The van der Waals surface area contributed by atoms with E-state index in [4.69, 9.17) is 9.15 Å². The third kappa shape index (κ3) is 3.59. The van der Waals surface area contributed by atoms with E-state index in [2.05, 4.69) is 10.2 Å². The van der Waals surface area contributed by atoms with Gasteiger partial charge >= 0.3 is 0 Å². The molecule has 0 spiro atoms. The Labute approximate surface area is 140 Å². The number of hydrogen-bond acceptors (Lipinski definition) is 5. The SMILES string of the molecule is COc1ccsc1C(=O)NC[C@@H](c1ccc(C)o1)N1CCCC1. The van der Waals surface area contributed by atoms with E-state index in [-0.39, 0.29) is 11.9 Å². The molecule has 3 heterocycles. The molecule has 1 aliphatic heterocycles. The number of likely N-dealkylation sites (tertiary alicyclic amines) is 1. The average molecular weight is 334 g/mol. The second-order valence-electron chi connectivity index (χ2n) is 5.74. The van der Waals surface area contributed by atoms with E-state index < -0.39 is 0 Å². The fourth-order valence-electron chi connectivity index (χ4n) is 2.99. The minimum atomic E-state index is -0.0932. The van der Waals surface area contributed by atoms with Gasteiger partial charge in [0.05, 0.1) is 13.2 Å². The van der Waals surface area contributed by atoms with Gasteiger partial charge in [0.2, 0.25) is 0 Å². The number of thiophene rings is 1. The molecule has 3 rings (SSSR count). The van der Waals surface area contributed by atoms with Gasteiger partial charge in [-0.05, 0) is 56.4 Å². The molecular weight excluding hydrogens is 312 g/mol. The molecule has 2 aromatic rings. The van der Waals surface area contributed by atoms with Gasteiger partial charge in [0.1, 0.15) is 22.1 Å². The van der Waals surface area contributed by atoms with Crippen LogP contribution in [0.1, 0.15) is 40.1 Å². The number of aryl methyl sites for hydroxylation is 1. The van der Waals surface area contributed by atoms with E-state index >= 15 is 0 Å². The van der Waals surface area contributed by atoms with Gasteiger partial charge in [0.15, 0.2) is 0 Å². The Morgan fingerprint density at radius 2 is 2.17 bits per heavy atom. The third-order valence-corrected chi connectivity index (χ3v) is 5.08. The normalized spacial score (nSPS) is 16.4. The molecule has 0 radical (unpaired) electrons. The topological polar surface area (TPSA) is 54.7 Å². The first-order valence-corrected chi connectivity index (χ1v) is 8.77. The first-order valence-electron chi connectivity index (χ1n) is 7.89. The van der Waals surface area contributed by atoms with Crippen LogP contribution in [0.5, 0.6) is 5.75 Å². The number of carbonyl (C=O) groups is 1. The first kappa shape index (κ1) is 16.1. The molecule has 1 amide bonds.